The standard InChI is InChI=1S/C53H52N2Si2/c1-53(2)49-36-38(22-33-45(49)47-34-35-48-46-16-12-13-17-50(46)55(52(48)51(47)53)39-14-10-9-11-15-39)19-18-37-20-23-40(24-21-37)54(41-25-29-43(30-26-41)56(3,4)5)42-27-31-44(32-28-42)57(6,7)8/h9-36H,1-8H3/b19-18+. The van der Waals surface area contributed by atoms with Crippen LogP contribution >= 0.6 is 0 Å². The fraction of sp³-hybridized carbons (Fsp3) is 0.170. The summed E-state index contributed by atoms with van der Waals surface area (Å²) in [5, 5.41) is 5.55. The van der Waals surface area contributed by atoms with Crippen LogP contribution < -0.4 is 15.3 Å². The van der Waals surface area contributed by atoms with E-state index in [2.05, 4.69) is 232 Å². The Morgan fingerprint density at radius 2 is 1.00 bits per heavy atom. The van der Waals surface area contributed by atoms with Gasteiger partial charge in [-0.2, -0.15) is 0 Å². The van der Waals surface area contributed by atoms with Crippen molar-refractivity contribution in [2.45, 2.75) is 58.5 Å². The number of para-hydroxylation sites is 2. The third-order valence-electron chi connectivity index (χ3n) is 12.1. The summed E-state index contributed by atoms with van der Waals surface area (Å²) in [5.74, 6) is 0. The first-order valence-corrected chi connectivity index (χ1v) is 27.4. The Labute approximate surface area is 340 Å². The molecule has 0 fully saturated rings. The molecule has 4 heteroatoms. The van der Waals surface area contributed by atoms with E-state index in [0.29, 0.717) is 0 Å². The minimum atomic E-state index is -1.41. The predicted molar refractivity (Wildman–Crippen MR) is 254 cm³/mol. The first-order valence-electron chi connectivity index (χ1n) is 20.4. The number of rotatable bonds is 8. The normalized spacial score (nSPS) is 13.7. The average molecular weight is 773 g/mol. The monoisotopic (exact) mass is 772 g/mol. The number of benzene rings is 7. The van der Waals surface area contributed by atoms with Crippen LogP contribution in [0.3, 0.4) is 0 Å². The fourth-order valence-corrected chi connectivity index (χ4v) is 11.2. The van der Waals surface area contributed by atoms with Gasteiger partial charge >= 0.3 is 0 Å². The molecule has 1 aliphatic rings. The number of anilines is 3. The van der Waals surface area contributed by atoms with Gasteiger partial charge in [0, 0.05) is 38.9 Å². The van der Waals surface area contributed by atoms with Crippen molar-refractivity contribution in [3.05, 3.63) is 180 Å². The molecule has 0 saturated carbocycles. The molecule has 7 aromatic carbocycles. The Balaban J connectivity index is 1.05. The predicted octanol–water partition coefficient (Wildman–Crippen LogP) is 13.8. The molecule has 282 valence electrons. The van der Waals surface area contributed by atoms with Gasteiger partial charge in [0.05, 0.1) is 27.2 Å². The summed E-state index contributed by atoms with van der Waals surface area (Å²) in [5.41, 5.74) is 14.9. The third-order valence-corrected chi connectivity index (χ3v) is 16.2. The van der Waals surface area contributed by atoms with Gasteiger partial charge < -0.3 is 9.47 Å². The summed E-state index contributed by atoms with van der Waals surface area (Å²) in [4.78, 5) is 2.39. The zero-order valence-electron chi connectivity index (χ0n) is 34.6. The van der Waals surface area contributed by atoms with E-state index in [0.717, 1.165) is 5.69 Å². The van der Waals surface area contributed by atoms with Crippen molar-refractivity contribution in [1.29, 1.82) is 0 Å². The molecule has 57 heavy (non-hydrogen) atoms. The van der Waals surface area contributed by atoms with Crippen LogP contribution in [0, 0.1) is 0 Å². The molecule has 0 spiro atoms. The maximum atomic E-state index is 2.48. The molecular weight excluding hydrogens is 721 g/mol. The summed E-state index contributed by atoms with van der Waals surface area (Å²) in [6.45, 7) is 19.3. The van der Waals surface area contributed by atoms with Crippen molar-refractivity contribution in [2.75, 3.05) is 4.90 Å². The van der Waals surface area contributed by atoms with E-state index in [-0.39, 0.29) is 5.41 Å². The molecule has 1 heterocycles. The van der Waals surface area contributed by atoms with E-state index in [1.165, 1.54) is 82.6 Å². The first-order chi connectivity index (χ1) is 27.3. The molecule has 9 rings (SSSR count). The lowest BCUT2D eigenvalue weighted by atomic mass is 9.81. The zero-order valence-corrected chi connectivity index (χ0v) is 36.6. The average Bonchev–Trinajstić information content (AvgIpc) is 3.66. The van der Waals surface area contributed by atoms with Crippen LogP contribution in [0.2, 0.25) is 39.3 Å². The van der Waals surface area contributed by atoms with E-state index >= 15 is 0 Å². The Kier molecular flexibility index (Phi) is 8.91. The summed E-state index contributed by atoms with van der Waals surface area (Å²) < 4.78 is 2.48. The molecule has 0 atom stereocenters. The second kappa shape index (κ2) is 13.8. The van der Waals surface area contributed by atoms with E-state index < -0.39 is 16.1 Å². The van der Waals surface area contributed by atoms with E-state index in [4.69, 9.17) is 0 Å². The summed E-state index contributed by atoms with van der Waals surface area (Å²) >= 11 is 0. The maximum Gasteiger partial charge on any atom is 0.0775 e. The van der Waals surface area contributed by atoms with Gasteiger partial charge in [0.2, 0.25) is 0 Å². The minimum absolute atomic E-state index is 0.180. The van der Waals surface area contributed by atoms with Crippen molar-refractivity contribution in [2.24, 2.45) is 0 Å². The van der Waals surface area contributed by atoms with Crippen LogP contribution in [-0.4, -0.2) is 20.7 Å². The highest BCUT2D eigenvalue weighted by Crippen LogP contribution is 2.53. The topological polar surface area (TPSA) is 8.17 Å². The van der Waals surface area contributed by atoms with E-state index in [9.17, 15) is 0 Å². The Bertz CT molecular complexity index is 2740. The highest BCUT2D eigenvalue weighted by atomic mass is 28.3. The Hall–Kier alpha value is -5.69. The van der Waals surface area contributed by atoms with Crippen LogP contribution in [0.5, 0.6) is 0 Å². The molecule has 0 N–H and O–H groups in total. The molecule has 0 radical (unpaired) electrons. The largest absolute Gasteiger partial charge is 0.311 e. The van der Waals surface area contributed by atoms with Crippen LogP contribution in [0.4, 0.5) is 17.1 Å². The summed E-state index contributed by atoms with van der Waals surface area (Å²) in [6.07, 6.45) is 4.52. The van der Waals surface area contributed by atoms with Crippen LogP contribution in [-0.2, 0) is 5.41 Å². The van der Waals surface area contributed by atoms with Crippen molar-refractivity contribution in [3.63, 3.8) is 0 Å². The molecule has 0 amide bonds. The lowest BCUT2D eigenvalue weighted by Gasteiger charge is -2.27. The number of aromatic nitrogens is 1. The molecule has 1 aromatic heterocycles. The van der Waals surface area contributed by atoms with Crippen LogP contribution in [0.25, 0.3) is 50.8 Å². The highest BCUT2D eigenvalue weighted by molar-refractivity contribution is 6.89. The molecule has 8 aromatic rings. The van der Waals surface area contributed by atoms with Crippen molar-refractivity contribution < 1.29 is 0 Å². The molecular formula is C53H52N2Si2. The number of nitrogens with zero attached hydrogens (tertiary/aromatic N) is 2. The Morgan fingerprint density at radius 1 is 0.491 bits per heavy atom. The Morgan fingerprint density at radius 3 is 1.60 bits per heavy atom. The lowest BCUT2D eigenvalue weighted by molar-refractivity contribution is 0.663. The number of hydrogen-bond donors (Lipinski definition) is 0. The minimum Gasteiger partial charge on any atom is -0.311 e. The SMILES string of the molecule is CC1(C)c2cc(/C=C/c3ccc(N(c4ccc([Si](C)(C)C)cc4)c4ccc([Si](C)(C)C)cc4)cc3)ccc2-c2ccc3c4ccccc4n(-c4ccccc4)c3c21. The number of hydrogen-bond acceptors (Lipinski definition) is 1. The van der Waals surface area contributed by atoms with Crippen LogP contribution in [0.1, 0.15) is 36.1 Å². The van der Waals surface area contributed by atoms with Gasteiger partial charge in [0.15, 0.2) is 0 Å². The second-order valence-corrected chi connectivity index (χ2v) is 28.5. The van der Waals surface area contributed by atoms with E-state index in [1.54, 1.807) is 0 Å². The van der Waals surface area contributed by atoms with Crippen molar-refractivity contribution >= 4 is 77.5 Å². The maximum absolute atomic E-state index is 2.48. The van der Waals surface area contributed by atoms with Gasteiger partial charge in [0.25, 0.3) is 0 Å². The van der Waals surface area contributed by atoms with Crippen LogP contribution in [0.15, 0.2) is 158 Å². The van der Waals surface area contributed by atoms with Gasteiger partial charge in [-0.05, 0) is 88.0 Å². The molecule has 1 aliphatic carbocycles. The molecule has 0 bridgehead atoms. The van der Waals surface area contributed by atoms with Crippen molar-refractivity contribution in [3.8, 4) is 16.8 Å². The van der Waals surface area contributed by atoms with Gasteiger partial charge in [-0.3, -0.25) is 0 Å². The van der Waals surface area contributed by atoms with Gasteiger partial charge in [-0.25, -0.2) is 0 Å². The lowest BCUT2D eigenvalue weighted by Crippen LogP contribution is -2.37. The molecule has 0 unspecified atom stereocenters. The van der Waals surface area contributed by atoms with Gasteiger partial charge in [-0.1, -0.05) is 179 Å². The van der Waals surface area contributed by atoms with Crippen molar-refractivity contribution in [1.82, 2.24) is 4.57 Å². The summed E-state index contributed by atoms with van der Waals surface area (Å²) in [6, 6.07) is 59.0. The smallest absolute Gasteiger partial charge is 0.0775 e. The molecule has 2 nitrogen and oxygen atoms in total. The van der Waals surface area contributed by atoms with E-state index in [1.807, 2.05) is 0 Å². The quantitative estimate of drug-likeness (QED) is 0.110. The molecule has 0 aliphatic heterocycles. The highest BCUT2D eigenvalue weighted by Gasteiger charge is 2.38. The van der Waals surface area contributed by atoms with Gasteiger partial charge in [0.1, 0.15) is 0 Å². The zero-order chi connectivity index (χ0) is 39.7. The second-order valence-electron chi connectivity index (χ2n) is 18.4. The number of fused-ring (bicyclic) bond motifs is 7. The molecule has 0 saturated heterocycles. The first kappa shape index (κ1) is 36.9. The summed E-state index contributed by atoms with van der Waals surface area (Å²) in [7, 11) is -2.82. The fourth-order valence-electron chi connectivity index (χ4n) is 8.91. The third kappa shape index (κ3) is 6.51. The van der Waals surface area contributed by atoms with Gasteiger partial charge in [-0.15, -0.1) is 0 Å².